The number of ether oxygens (including phenoxy) is 1. The topological polar surface area (TPSA) is 100 Å². The minimum absolute atomic E-state index is 0.175. The molecule has 2 aromatic heterocycles. The van der Waals surface area contributed by atoms with Gasteiger partial charge < -0.3 is 15.2 Å². The van der Waals surface area contributed by atoms with Crippen molar-refractivity contribution in [3.05, 3.63) is 64.7 Å². The molecular weight excluding hydrogens is 387 g/mol. The molecule has 1 saturated carbocycles. The van der Waals surface area contributed by atoms with Crippen molar-refractivity contribution in [1.29, 1.82) is 0 Å². The summed E-state index contributed by atoms with van der Waals surface area (Å²) < 4.78 is 19.6. The molecule has 0 atom stereocenters. The maximum atomic E-state index is 13.8. The van der Waals surface area contributed by atoms with Crippen LogP contribution in [0.15, 0.2) is 36.7 Å². The highest BCUT2D eigenvalue weighted by Crippen LogP contribution is 2.31. The van der Waals surface area contributed by atoms with Crippen LogP contribution in [-0.2, 0) is 13.2 Å². The largest absolute Gasteiger partial charge is 0.477 e. The van der Waals surface area contributed by atoms with Crippen LogP contribution < -0.4 is 10.1 Å². The van der Waals surface area contributed by atoms with Crippen molar-refractivity contribution >= 4 is 5.91 Å². The number of aliphatic hydroxyl groups excluding tert-OH is 1. The Bertz CT molecular complexity index is 1060. The standard InChI is InChI=1S/C22H23FN4O3/c1-13-2-3-15(6-19(13)23)8-24-21(29)18-7-16(20-17(11-28)10-26-27-20)9-25-22(18)30-12-14-4-5-14/h2-3,6-7,9-10,14,28H,4-5,8,11-12H2,1H3,(H,24,29)(H,26,27). The number of amides is 1. The predicted octanol–water partition coefficient (Wildman–Crippen LogP) is 3.13. The van der Waals surface area contributed by atoms with Crippen LogP contribution >= 0.6 is 0 Å². The zero-order chi connectivity index (χ0) is 21.1. The van der Waals surface area contributed by atoms with Crippen LogP contribution in [0.4, 0.5) is 4.39 Å². The number of carbonyl (C=O) groups excluding carboxylic acids is 1. The van der Waals surface area contributed by atoms with Crippen LogP contribution in [0.25, 0.3) is 11.3 Å². The molecule has 0 radical (unpaired) electrons. The smallest absolute Gasteiger partial charge is 0.257 e. The SMILES string of the molecule is Cc1ccc(CNC(=O)c2cc(-c3[nH]ncc3CO)cnc2OCC2CC2)cc1F. The summed E-state index contributed by atoms with van der Waals surface area (Å²) in [5.74, 6) is 0.0747. The van der Waals surface area contributed by atoms with Gasteiger partial charge in [-0.05, 0) is 48.9 Å². The number of hydrogen-bond acceptors (Lipinski definition) is 5. The molecule has 1 aliphatic carbocycles. The van der Waals surface area contributed by atoms with Crippen LogP contribution in [0.3, 0.4) is 0 Å². The Hall–Kier alpha value is -3.26. The van der Waals surface area contributed by atoms with Crippen LogP contribution in [0.2, 0.25) is 0 Å². The maximum Gasteiger partial charge on any atom is 0.257 e. The quantitative estimate of drug-likeness (QED) is 0.530. The summed E-state index contributed by atoms with van der Waals surface area (Å²) in [4.78, 5) is 17.3. The Labute approximate surface area is 173 Å². The second-order valence-corrected chi connectivity index (χ2v) is 7.53. The first kappa shape index (κ1) is 20.0. The number of H-pyrrole nitrogens is 1. The highest BCUT2D eigenvalue weighted by molar-refractivity contribution is 5.97. The third-order valence-electron chi connectivity index (χ3n) is 5.11. The summed E-state index contributed by atoms with van der Waals surface area (Å²) in [7, 11) is 0. The molecule has 2 heterocycles. The van der Waals surface area contributed by atoms with E-state index in [4.69, 9.17) is 4.74 Å². The maximum absolute atomic E-state index is 13.8. The molecule has 1 aromatic carbocycles. The third kappa shape index (κ3) is 4.49. The van der Waals surface area contributed by atoms with Crippen molar-refractivity contribution in [3.63, 3.8) is 0 Å². The van der Waals surface area contributed by atoms with Gasteiger partial charge in [0.25, 0.3) is 5.91 Å². The average molecular weight is 410 g/mol. The van der Waals surface area contributed by atoms with Gasteiger partial charge in [-0.2, -0.15) is 5.10 Å². The fraction of sp³-hybridized carbons (Fsp3) is 0.318. The lowest BCUT2D eigenvalue weighted by Gasteiger charge is -2.13. The molecule has 1 aliphatic rings. The van der Waals surface area contributed by atoms with Gasteiger partial charge in [0, 0.05) is 23.9 Å². The van der Waals surface area contributed by atoms with Gasteiger partial charge in [0.15, 0.2) is 0 Å². The van der Waals surface area contributed by atoms with Gasteiger partial charge >= 0.3 is 0 Å². The van der Waals surface area contributed by atoms with Gasteiger partial charge in [0.1, 0.15) is 11.4 Å². The van der Waals surface area contributed by atoms with E-state index in [1.54, 1.807) is 31.3 Å². The molecule has 30 heavy (non-hydrogen) atoms. The Morgan fingerprint density at radius 2 is 2.17 bits per heavy atom. The highest BCUT2D eigenvalue weighted by Gasteiger charge is 2.24. The number of hydrogen-bond donors (Lipinski definition) is 3. The van der Waals surface area contributed by atoms with Crippen molar-refractivity contribution in [2.45, 2.75) is 32.9 Å². The number of aromatic amines is 1. The number of nitrogens with one attached hydrogen (secondary N) is 2. The van der Waals surface area contributed by atoms with E-state index in [1.807, 2.05) is 0 Å². The zero-order valence-corrected chi connectivity index (χ0v) is 16.6. The van der Waals surface area contributed by atoms with Crippen molar-refractivity contribution in [1.82, 2.24) is 20.5 Å². The molecule has 7 nitrogen and oxygen atoms in total. The average Bonchev–Trinajstić information content (AvgIpc) is 3.47. The summed E-state index contributed by atoms with van der Waals surface area (Å²) in [6, 6.07) is 6.52. The van der Waals surface area contributed by atoms with Crippen LogP contribution in [0.1, 0.15) is 39.9 Å². The summed E-state index contributed by atoms with van der Waals surface area (Å²) in [6.07, 6.45) is 5.35. The molecule has 0 bridgehead atoms. The lowest BCUT2D eigenvalue weighted by atomic mass is 10.1. The summed E-state index contributed by atoms with van der Waals surface area (Å²) in [5, 5.41) is 19.1. The molecule has 0 saturated heterocycles. The molecule has 4 rings (SSSR count). The molecule has 3 N–H and O–H groups in total. The van der Waals surface area contributed by atoms with E-state index in [9.17, 15) is 14.3 Å². The Morgan fingerprint density at radius 3 is 2.90 bits per heavy atom. The van der Waals surface area contributed by atoms with Crippen molar-refractivity contribution in [2.24, 2.45) is 5.92 Å². The van der Waals surface area contributed by atoms with Crippen LogP contribution in [-0.4, -0.2) is 32.8 Å². The molecule has 3 aromatic rings. The number of halogens is 1. The first-order valence-electron chi connectivity index (χ1n) is 9.84. The molecule has 1 fully saturated rings. The zero-order valence-electron chi connectivity index (χ0n) is 16.6. The lowest BCUT2D eigenvalue weighted by Crippen LogP contribution is -2.24. The van der Waals surface area contributed by atoms with Crippen molar-refractivity contribution in [2.75, 3.05) is 6.61 Å². The minimum atomic E-state index is -0.374. The van der Waals surface area contributed by atoms with Gasteiger partial charge in [0.2, 0.25) is 5.88 Å². The third-order valence-corrected chi connectivity index (χ3v) is 5.11. The van der Waals surface area contributed by atoms with E-state index >= 15 is 0 Å². The van der Waals surface area contributed by atoms with E-state index in [0.29, 0.717) is 40.5 Å². The second kappa shape index (κ2) is 8.62. The van der Waals surface area contributed by atoms with E-state index in [2.05, 4.69) is 20.5 Å². The van der Waals surface area contributed by atoms with Crippen molar-refractivity contribution in [3.8, 4) is 17.1 Å². The van der Waals surface area contributed by atoms with E-state index in [0.717, 1.165) is 12.8 Å². The fourth-order valence-electron chi connectivity index (χ4n) is 3.05. The van der Waals surface area contributed by atoms with Crippen molar-refractivity contribution < 1.29 is 19.0 Å². The molecule has 1 amide bonds. The van der Waals surface area contributed by atoms with Crippen LogP contribution in [0, 0.1) is 18.7 Å². The normalized spacial score (nSPS) is 13.3. The summed E-state index contributed by atoms with van der Waals surface area (Å²) in [6.45, 7) is 2.19. The molecule has 0 unspecified atom stereocenters. The van der Waals surface area contributed by atoms with E-state index in [1.165, 1.54) is 12.3 Å². The minimum Gasteiger partial charge on any atom is -0.477 e. The number of aryl methyl sites for hydroxylation is 1. The number of carbonyl (C=O) groups is 1. The Morgan fingerprint density at radius 1 is 1.33 bits per heavy atom. The van der Waals surface area contributed by atoms with E-state index in [-0.39, 0.29) is 36.3 Å². The number of benzene rings is 1. The molecule has 8 heteroatoms. The van der Waals surface area contributed by atoms with Gasteiger partial charge in [-0.1, -0.05) is 12.1 Å². The van der Waals surface area contributed by atoms with E-state index < -0.39 is 0 Å². The van der Waals surface area contributed by atoms with Gasteiger partial charge in [-0.3, -0.25) is 9.89 Å². The predicted molar refractivity (Wildman–Crippen MR) is 108 cm³/mol. The Balaban J connectivity index is 1.57. The summed E-state index contributed by atoms with van der Waals surface area (Å²) in [5.41, 5.74) is 3.29. The number of rotatable bonds is 8. The Kier molecular flexibility index (Phi) is 5.76. The number of aliphatic hydroxyl groups is 1. The monoisotopic (exact) mass is 410 g/mol. The number of nitrogens with zero attached hydrogens (tertiary/aromatic N) is 2. The first-order chi connectivity index (χ1) is 14.5. The number of pyridine rings is 1. The van der Waals surface area contributed by atoms with Crippen LogP contribution in [0.5, 0.6) is 5.88 Å². The highest BCUT2D eigenvalue weighted by atomic mass is 19.1. The van der Waals surface area contributed by atoms with Gasteiger partial charge in [-0.25, -0.2) is 9.37 Å². The summed E-state index contributed by atoms with van der Waals surface area (Å²) >= 11 is 0. The molecular formula is C22H23FN4O3. The fourth-order valence-corrected chi connectivity index (χ4v) is 3.05. The molecule has 156 valence electrons. The number of aromatic nitrogens is 3. The lowest BCUT2D eigenvalue weighted by molar-refractivity contribution is 0.0945. The first-order valence-corrected chi connectivity index (χ1v) is 9.84. The van der Waals surface area contributed by atoms with Gasteiger partial charge in [0.05, 0.1) is 25.1 Å². The molecule has 0 aliphatic heterocycles. The molecule has 0 spiro atoms. The second-order valence-electron chi connectivity index (χ2n) is 7.53. The van der Waals surface area contributed by atoms with Gasteiger partial charge in [-0.15, -0.1) is 0 Å².